The van der Waals surface area contributed by atoms with Crippen LogP contribution in [0.4, 0.5) is 5.69 Å². The van der Waals surface area contributed by atoms with Gasteiger partial charge in [-0.1, -0.05) is 5.92 Å². The second-order valence-corrected chi connectivity index (χ2v) is 4.76. The van der Waals surface area contributed by atoms with Gasteiger partial charge >= 0.3 is 0 Å². The van der Waals surface area contributed by atoms with Gasteiger partial charge < -0.3 is 5.32 Å². The third kappa shape index (κ3) is 3.20. The minimum atomic E-state index is 0.0522. The van der Waals surface area contributed by atoms with Crippen molar-refractivity contribution >= 4 is 44.2 Å². The van der Waals surface area contributed by atoms with E-state index in [0.717, 1.165) is 10.2 Å². The second-order valence-electron chi connectivity index (χ2n) is 2.66. The summed E-state index contributed by atoms with van der Waals surface area (Å²) in [5.41, 5.74) is 1.03. The van der Waals surface area contributed by atoms with E-state index in [1.165, 1.54) is 3.57 Å². The first-order chi connectivity index (χ1) is 6.13. The van der Waals surface area contributed by atoms with E-state index in [1.54, 1.807) is 0 Å². The number of benzene rings is 1. The van der Waals surface area contributed by atoms with Gasteiger partial charge in [-0.2, -0.15) is 0 Å². The molecule has 1 rings (SSSR count). The van der Waals surface area contributed by atoms with Crippen LogP contribution in [0.25, 0.3) is 0 Å². The van der Waals surface area contributed by atoms with Crippen molar-refractivity contribution in [3.63, 3.8) is 0 Å². The zero-order chi connectivity index (χ0) is 9.84. The Labute approximate surface area is 101 Å². The highest BCUT2D eigenvalue weighted by atomic mass is 127. The van der Waals surface area contributed by atoms with Gasteiger partial charge in [0.2, 0.25) is 0 Å². The average Bonchev–Trinajstić information content (AvgIpc) is 2.09. The SMILES string of the molecule is C#CC(C)Nc1ccc(I)cc1Br. The summed E-state index contributed by atoms with van der Waals surface area (Å²) in [6.45, 7) is 1.95. The summed E-state index contributed by atoms with van der Waals surface area (Å²) >= 11 is 5.74. The van der Waals surface area contributed by atoms with Gasteiger partial charge in [-0.3, -0.25) is 0 Å². The maximum absolute atomic E-state index is 5.27. The zero-order valence-electron chi connectivity index (χ0n) is 7.14. The molecule has 1 aromatic rings. The molecule has 1 aromatic carbocycles. The first-order valence-corrected chi connectivity index (χ1v) is 5.68. The molecule has 1 nitrogen and oxygen atoms in total. The Morgan fingerprint density at radius 2 is 2.31 bits per heavy atom. The lowest BCUT2D eigenvalue weighted by Crippen LogP contribution is -2.12. The van der Waals surface area contributed by atoms with Gasteiger partial charge in [-0.15, -0.1) is 6.42 Å². The molecule has 0 aromatic heterocycles. The molecule has 0 aliphatic carbocycles. The summed E-state index contributed by atoms with van der Waals surface area (Å²) in [6.07, 6.45) is 5.27. The largest absolute Gasteiger partial charge is 0.371 e. The number of halogens is 2. The molecular formula is C10H9BrIN. The predicted octanol–water partition coefficient (Wildman–Crippen LogP) is 3.49. The van der Waals surface area contributed by atoms with Crippen LogP contribution in [0.5, 0.6) is 0 Å². The Bertz CT molecular complexity index is 343. The van der Waals surface area contributed by atoms with Crippen LogP contribution in [0.1, 0.15) is 6.92 Å². The van der Waals surface area contributed by atoms with E-state index in [-0.39, 0.29) is 6.04 Å². The molecule has 68 valence electrons. The summed E-state index contributed by atoms with van der Waals surface area (Å²) < 4.78 is 2.24. The lowest BCUT2D eigenvalue weighted by molar-refractivity contribution is 1.03. The molecule has 0 heterocycles. The Hall–Kier alpha value is -0.210. The molecule has 0 amide bonds. The number of rotatable bonds is 2. The molecule has 3 heteroatoms. The van der Waals surface area contributed by atoms with E-state index >= 15 is 0 Å². The van der Waals surface area contributed by atoms with Crippen LogP contribution >= 0.6 is 38.5 Å². The van der Waals surface area contributed by atoms with E-state index < -0.39 is 0 Å². The number of nitrogens with one attached hydrogen (secondary N) is 1. The molecule has 0 spiro atoms. The fourth-order valence-electron chi connectivity index (χ4n) is 0.881. The van der Waals surface area contributed by atoms with Crippen molar-refractivity contribution in [3.05, 3.63) is 26.2 Å². The lowest BCUT2D eigenvalue weighted by Gasteiger charge is -2.11. The third-order valence-corrected chi connectivity index (χ3v) is 2.88. The van der Waals surface area contributed by atoms with E-state index in [1.807, 2.05) is 25.1 Å². The monoisotopic (exact) mass is 349 g/mol. The minimum Gasteiger partial charge on any atom is -0.371 e. The Balaban J connectivity index is 2.85. The molecule has 0 bridgehead atoms. The smallest absolute Gasteiger partial charge is 0.0846 e. The normalized spacial score (nSPS) is 11.8. The molecule has 0 radical (unpaired) electrons. The first kappa shape index (κ1) is 10.9. The molecule has 13 heavy (non-hydrogen) atoms. The standard InChI is InChI=1S/C10H9BrIN/c1-3-7(2)13-10-5-4-8(12)6-9(10)11/h1,4-7,13H,2H3. The Morgan fingerprint density at radius 3 is 2.85 bits per heavy atom. The van der Waals surface area contributed by atoms with Gasteiger partial charge in [-0.25, -0.2) is 0 Å². The predicted molar refractivity (Wildman–Crippen MR) is 68.8 cm³/mol. The summed E-state index contributed by atoms with van der Waals surface area (Å²) in [5, 5.41) is 3.20. The zero-order valence-corrected chi connectivity index (χ0v) is 10.9. The van der Waals surface area contributed by atoms with Crippen LogP contribution in [0.3, 0.4) is 0 Å². The number of anilines is 1. The van der Waals surface area contributed by atoms with Gasteiger partial charge in [0.25, 0.3) is 0 Å². The molecule has 1 unspecified atom stereocenters. The molecular weight excluding hydrogens is 341 g/mol. The summed E-state index contributed by atoms with van der Waals surface area (Å²) in [4.78, 5) is 0. The van der Waals surface area contributed by atoms with E-state index in [4.69, 9.17) is 6.42 Å². The van der Waals surface area contributed by atoms with Crippen molar-refractivity contribution in [1.82, 2.24) is 0 Å². The van der Waals surface area contributed by atoms with Crippen molar-refractivity contribution in [2.24, 2.45) is 0 Å². The van der Waals surface area contributed by atoms with Crippen molar-refractivity contribution < 1.29 is 0 Å². The highest BCUT2D eigenvalue weighted by Crippen LogP contribution is 2.24. The van der Waals surface area contributed by atoms with Crippen molar-refractivity contribution in [2.75, 3.05) is 5.32 Å². The summed E-state index contributed by atoms with van der Waals surface area (Å²) in [6, 6.07) is 6.15. The minimum absolute atomic E-state index is 0.0522. The van der Waals surface area contributed by atoms with Crippen molar-refractivity contribution in [3.8, 4) is 12.3 Å². The topological polar surface area (TPSA) is 12.0 Å². The van der Waals surface area contributed by atoms with Crippen LogP contribution in [0, 0.1) is 15.9 Å². The molecule has 0 aliphatic heterocycles. The maximum atomic E-state index is 5.27. The van der Waals surface area contributed by atoms with Crippen LogP contribution < -0.4 is 5.32 Å². The van der Waals surface area contributed by atoms with Gasteiger partial charge in [-0.05, 0) is 63.6 Å². The summed E-state index contributed by atoms with van der Waals surface area (Å²) in [5.74, 6) is 2.62. The number of terminal acetylenes is 1. The summed E-state index contributed by atoms with van der Waals surface area (Å²) in [7, 11) is 0. The average molecular weight is 350 g/mol. The second kappa shape index (κ2) is 4.87. The quantitative estimate of drug-likeness (QED) is 0.636. The van der Waals surface area contributed by atoms with E-state index in [9.17, 15) is 0 Å². The van der Waals surface area contributed by atoms with Gasteiger partial charge in [0.15, 0.2) is 0 Å². The third-order valence-electron chi connectivity index (χ3n) is 1.55. The molecule has 1 atom stereocenters. The fourth-order valence-corrected chi connectivity index (χ4v) is 2.29. The van der Waals surface area contributed by atoms with Gasteiger partial charge in [0.05, 0.1) is 6.04 Å². The van der Waals surface area contributed by atoms with Gasteiger partial charge in [0, 0.05) is 13.7 Å². The highest BCUT2D eigenvalue weighted by Gasteiger charge is 2.01. The van der Waals surface area contributed by atoms with Crippen LogP contribution in [-0.4, -0.2) is 6.04 Å². The number of hydrogen-bond acceptors (Lipinski definition) is 1. The van der Waals surface area contributed by atoms with Crippen LogP contribution in [0.15, 0.2) is 22.7 Å². The maximum Gasteiger partial charge on any atom is 0.0846 e. The van der Waals surface area contributed by atoms with Crippen molar-refractivity contribution in [2.45, 2.75) is 13.0 Å². The molecule has 0 saturated carbocycles. The van der Waals surface area contributed by atoms with Crippen molar-refractivity contribution in [1.29, 1.82) is 0 Å². The highest BCUT2D eigenvalue weighted by molar-refractivity contribution is 14.1. The number of hydrogen-bond donors (Lipinski definition) is 1. The molecule has 0 fully saturated rings. The lowest BCUT2D eigenvalue weighted by atomic mass is 10.3. The fraction of sp³-hybridized carbons (Fsp3) is 0.200. The molecule has 1 N–H and O–H groups in total. The Kier molecular flexibility index (Phi) is 4.07. The van der Waals surface area contributed by atoms with Crippen LogP contribution in [0.2, 0.25) is 0 Å². The Morgan fingerprint density at radius 1 is 1.62 bits per heavy atom. The van der Waals surface area contributed by atoms with Gasteiger partial charge in [0.1, 0.15) is 0 Å². The van der Waals surface area contributed by atoms with Crippen LogP contribution in [-0.2, 0) is 0 Å². The molecule has 0 aliphatic rings. The van der Waals surface area contributed by atoms with E-state index in [0.29, 0.717) is 0 Å². The van der Waals surface area contributed by atoms with E-state index in [2.05, 4.69) is 49.8 Å². The first-order valence-electron chi connectivity index (χ1n) is 3.81. The molecule has 0 saturated heterocycles.